The van der Waals surface area contributed by atoms with Crippen LogP contribution in [0, 0.1) is 0 Å². The van der Waals surface area contributed by atoms with E-state index in [2.05, 4.69) is 111 Å². The zero-order chi connectivity index (χ0) is 56.0. The first kappa shape index (κ1) is 42.9. The molecular formula is C72H45N9. The van der Waals surface area contributed by atoms with Crippen LogP contribution in [0.3, 0.4) is 0 Å². The Morgan fingerprint density at radius 3 is 1.22 bits per heavy atom. The molecule has 16 aromatic rings. The van der Waals surface area contributed by atoms with Gasteiger partial charge in [0.1, 0.15) is 0 Å². The van der Waals surface area contributed by atoms with Crippen molar-refractivity contribution in [2.45, 2.75) is 0 Å². The highest BCUT2D eigenvalue weighted by Gasteiger charge is 2.25. The highest BCUT2D eigenvalue weighted by atomic mass is 15.1. The number of para-hydroxylation sites is 5. The molecule has 9 heteroatoms. The van der Waals surface area contributed by atoms with Gasteiger partial charge in [0.25, 0.3) is 0 Å². The van der Waals surface area contributed by atoms with Gasteiger partial charge in [0.15, 0.2) is 34.9 Å². The third-order valence-corrected chi connectivity index (χ3v) is 15.3. The van der Waals surface area contributed by atoms with Gasteiger partial charge in [-0.15, -0.1) is 0 Å². The molecule has 0 spiro atoms. The molecule has 0 bridgehead atoms. The fourth-order valence-corrected chi connectivity index (χ4v) is 11.7. The van der Waals surface area contributed by atoms with E-state index in [0.29, 0.717) is 34.4 Å². The standard InChI is InChI=1S/C72H45N9/c1-6-22-46(23-7-1)67-74-70(49-38-41-62-57(44-49)54-33-17-19-35-59(54)79(62)51-28-12-4-13-29-51)76-71(75-67)50-39-42-63(58(45-50)72-77-68(47-24-8-2-9-25-47)73-69(78-72)48-26-10-3-11-27-48)81-60-36-20-16-32-53(60)55-40-43-64-65(66(55)81)56-34-18-21-37-61(56)80(64)52-30-14-5-15-31-52/h1-45H/i39D,42D,45D. The van der Waals surface area contributed by atoms with Crippen molar-refractivity contribution >= 4 is 65.4 Å². The van der Waals surface area contributed by atoms with Crippen molar-refractivity contribution < 1.29 is 4.11 Å². The minimum absolute atomic E-state index is 0.0240. The van der Waals surface area contributed by atoms with Gasteiger partial charge < -0.3 is 13.7 Å². The Balaban J connectivity index is 1.02. The quantitative estimate of drug-likeness (QED) is 0.143. The minimum Gasteiger partial charge on any atom is -0.309 e. The molecular weight excluding hydrogens is 991 g/mol. The Bertz CT molecular complexity index is 5220. The van der Waals surface area contributed by atoms with Crippen LogP contribution in [-0.2, 0) is 0 Å². The first-order valence-electron chi connectivity index (χ1n) is 28.4. The van der Waals surface area contributed by atoms with E-state index in [9.17, 15) is 4.11 Å². The third kappa shape index (κ3) is 7.62. The topological polar surface area (TPSA) is 92.1 Å². The second-order valence-electron chi connectivity index (χ2n) is 20.0. The van der Waals surface area contributed by atoms with E-state index >= 15 is 0 Å². The van der Waals surface area contributed by atoms with Crippen LogP contribution < -0.4 is 0 Å². The number of benzene rings is 11. The second kappa shape index (κ2) is 18.8. The van der Waals surface area contributed by atoms with Crippen LogP contribution in [0.2, 0.25) is 0 Å². The molecule has 0 atom stereocenters. The average molecular weight is 1040 g/mol. The summed E-state index contributed by atoms with van der Waals surface area (Å²) in [6, 6.07) is 84.6. The first-order valence-corrected chi connectivity index (χ1v) is 26.9. The average Bonchev–Trinajstić information content (AvgIpc) is 1.63. The molecule has 0 aliphatic heterocycles. The Kier molecular flexibility index (Phi) is 9.95. The van der Waals surface area contributed by atoms with Crippen LogP contribution in [0.25, 0.3) is 151 Å². The SMILES string of the molecule is [2H]c1c([2H])c(-n2c3ccccc3c3ccc4c(c5ccccc5n4-c4ccccc4)c32)c(-c2nc(-c3ccccc3)nc(-c3ccccc3)n2)c([2H])c1-c1nc(-c2ccccc2)nc(-c2ccc3c(c2)c2ccccc2n3-c2ccccc2)n1. The first-order chi connectivity index (χ1) is 41.4. The lowest BCUT2D eigenvalue weighted by atomic mass is 10.0. The smallest absolute Gasteiger partial charge is 0.166 e. The van der Waals surface area contributed by atoms with Crippen LogP contribution in [0.5, 0.6) is 0 Å². The van der Waals surface area contributed by atoms with Gasteiger partial charge >= 0.3 is 0 Å². The molecule has 0 radical (unpaired) electrons. The summed E-state index contributed by atoms with van der Waals surface area (Å²) in [6.45, 7) is 0. The molecule has 11 aromatic carbocycles. The molecule has 0 fully saturated rings. The summed E-state index contributed by atoms with van der Waals surface area (Å²) in [5, 5.41) is 5.88. The summed E-state index contributed by atoms with van der Waals surface area (Å²) >= 11 is 0. The van der Waals surface area contributed by atoms with Gasteiger partial charge in [-0.1, -0.05) is 188 Å². The number of hydrogen-bond acceptors (Lipinski definition) is 6. The summed E-state index contributed by atoms with van der Waals surface area (Å²) in [5.41, 5.74) is 11.0. The normalized spacial score (nSPS) is 12.2. The molecule has 5 aromatic heterocycles. The summed E-state index contributed by atoms with van der Waals surface area (Å²) in [5.74, 6) is 1.63. The van der Waals surface area contributed by atoms with Crippen LogP contribution >= 0.6 is 0 Å². The lowest BCUT2D eigenvalue weighted by Gasteiger charge is -2.17. The predicted octanol–water partition coefficient (Wildman–Crippen LogP) is 17.3. The fourth-order valence-electron chi connectivity index (χ4n) is 11.7. The van der Waals surface area contributed by atoms with E-state index in [-0.39, 0.29) is 46.6 Å². The predicted molar refractivity (Wildman–Crippen MR) is 329 cm³/mol. The molecule has 0 aliphatic carbocycles. The highest BCUT2D eigenvalue weighted by molar-refractivity contribution is 6.26. The van der Waals surface area contributed by atoms with E-state index in [0.717, 1.165) is 87.9 Å². The fraction of sp³-hybridized carbons (Fsp3) is 0. The summed E-state index contributed by atoms with van der Waals surface area (Å²) in [6.07, 6.45) is 0. The van der Waals surface area contributed by atoms with Crippen LogP contribution in [-0.4, -0.2) is 43.6 Å². The minimum atomic E-state index is -0.248. The maximum atomic E-state index is 10.9. The van der Waals surface area contributed by atoms with Gasteiger partial charge in [-0.05, 0) is 84.9 Å². The van der Waals surface area contributed by atoms with Crippen molar-refractivity contribution in [2.75, 3.05) is 0 Å². The maximum Gasteiger partial charge on any atom is 0.166 e. The maximum absolute atomic E-state index is 10.9. The molecule has 0 unspecified atom stereocenters. The van der Waals surface area contributed by atoms with Crippen LogP contribution in [0.4, 0.5) is 0 Å². The van der Waals surface area contributed by atoms with Crippen molar-refractivity contribution in [1.29, 1.82) is 0 Å². The zero-order valence-corrected chi connectivity index (χ0v) is 43.3. The molecule has 0 N–H and O–H groups in total. The van der Waals surface area contributed by atoms with Gasteiger partial charge in [-0.3, -0.25) is 0 Å². The van der Waals surface area contributed by atoms with Gasteiger partial charge in [0.05, 0.1) is 42.9 Å². The number of nitrogens with zero attached hydrogens (tertiary/aromatic N) is 9. The van der Waals surface area contributed by atoms with Gasteiger partial charge in [0.2, 0.25) is 0 Å². The largest absolute Gasteiger partial charge is 0.309 e. The van der Waals surface area contributed by atoms with Crippen molar-refractivity contribution in [2.24, 2.45) is 0 Å². The van der Waals surface area contributed by atoms with Gasteiger partial charge in [-0.25, -0.2) is 29.9 Å². The van der Waals surface area contributed by atoms with E-state index in [1.165, 1.54) is 0 Å². The highest BCUT2D eigenvalue weighted by Crippen LogP contribution is 2.45. The molecule has 81 heavy (non-hydrogen) atoms. The second-order valence-corrected chi connectivity index (χ2v) is 20.0. The van der Waals surface area contributed by atoms with E-state index in [1.54, 1.807) is 0 Å². The Hall–Kier alpha value is -11.2. The number of hydrogen-bond donors (Lipinski definition) is 0. The zero-order valence-electron chi connectivity index (χ0n) is 46.3. The van der Waals surface area contributed by atoms with E-state index < -0.39 is 0 Å². The van der Waals surface area contributed by atoms with E-state index in [1.807, 2.05) is 158 Å². The lowest BCUT2D eigenvalue weighted by Crippen LogP contribution is -2.05. The molecule has 378 valence electrons. The molecule has 0 saturated carbocycles. The monoisotopic (exact) mass is 1040 g/mol. The number of fused-ring (bicyclic) bond motifs is 10. The van der Waals surface area contributed by atoms with Crippen LogP contribution in [0.1, 0.15) is 4.11 Å². The third-order valence-electron chi connectivity index (χ3n) is 15.3. The van der Waals surface area contributed by atoms with Gasteiger partial charge in [0, 0.05) is 77.1 Å². The molecule has 0 aliphatic rings. The van der Waals surface area contributed by atoms with Crippen molar-refractivity contribution in [3.8, 4) is 85.4 Å². The van der Waals surface area contributed by atoms with Crippen molar-refractivity contribution in [3.63, 3.8) is 0 Å². The molecule has 0 saturated heterocycles. The Morgan fingerprint density at radius 2 is 0.667 bits per heavy atom. The van der Waals surface area contributed by atoms with Crippen molar-refractivity contribution in [1.82, 2.24) is 43.6 Å². The Labute approximate surface area is 469 Å². The number of aromatic nitrogens is 9. The number of rotatable bonds is 9. The molecule has 9 nitrogen and oxygen atoms in total. The Morgan fingerprint density at radius 1 is 0.272 bits per heavy atom. The summed E-state index contributed by atoms with van der Waals surface area (Å²) in [4.78, 5) is 31.3. The summed E-state index contributed by atoms with van der Waals surface area (Å²) in [7, 11) is 0. The lowest BCUT2D eigenvalue weighted by molar-refractivity contribution is 1.06. The van der Waals surface area contributed by atoms with Gasteiger partial charge in [-0.2, -0.15) is 0 Å². The molecule has 16 rings (SSSR count). The summed E-state index contributed by atoms with van der Waals surface area (Å²) < 4.78 is 38.6. The van der Waals surface area contributed by atoms with Crippen LogP contribution in [0.15, 0.2) is 273 Å². The molecule has 0 amide bonds. The van der Waals surface area contributed by atoms with Crippen molar-refractivity contribution in [3.05, 3.63) is 273 Å². The van der Waals surface area contributed by atoms with E-state index in [4.69, 9.17) is 29.9 Å². The molecule has 5 heterocycles.